The second kappa shape index (κ2) is 10.1. The fourth-order valence-electron chi connectivity index (χ4n) is 3.75. The van der Waals surface area contributed by atoms with E-state index in [1.807, 2.05) is 36.4 Å². The minimum absolute atomic E-state index is 0.0238. The van der Waals surface area contributed by atoms with E-state index in [1.54, 1.807) is 6.92 Å². The lowest BCUT2D eigenvalue weighted by atomic mass is 9.98. The van der Waals surface area contributed by atoms with Crippen LogP contribution in [0.2, 0.25) is 0 Å². The molecule has 1 unspecified atom stereocenters. The first-order valence-corrected chi connectivity index (χ1v) is 10.1. The van der Waals surface area contributed by atoms with Crippen LogP contribution in [-0.4, -0.2) is 53.5 Å². The second-order valence-electron chi connectivity index (χ2n) is 7.63. The smallest absolute Gasteiger partial charge is 0.407 e. The van der Waals surface area contributed by atoms with Gasteiger partial charge in [-0.15, -0.1) is 0 Å². The third-order valence-electron chi connectivity index (χ3n) is 5.14. The zero-order valence-electron chi connectivity index (χ0n) is 17.2. The number of carbonyl (C=O) groups excluding carboxylic acids is 2. The Morgan fingerprint density at radius 3 is 2.16 bits per heavy atom. The van der Waals surface area contributed by atoms with Crippen molar-refractivity contribution in [3.8, 4) is 11.1 Å². The van der Waals surface area contributed by atoms with Crippen molar-refractivity contribution in [2.75, 3.05) is 13.2 Å². The highest BCUT2D eigenvalue weighted by atomic mass is 16.5. The van der Waals surface area contributed by atoms with Gasteiger partial charge in [0, 0.05) is 24.9 Å². The molecule has 0 radical (unpaired) electrons. The zero-order valence-corrected chi connectivity index (χ0v) is 17.2. The number of aliphatic carboxylic acids is 1. The van der Waals surface area contributed by atoms with Gasteiger partial charge in [-0.25, -0.2) is 4.79 Å². The Hall–Kier alpha value is -3.39. The third kappa shape index (κ3) is 5.82. The normalized spacial score (nSPS) is 14.1. The van der Waals surface area contributed by atoms with Crippen molar-refractivity contribution >= 4 is 18.0 Å². The van der Waals surface area contributed by atoms with Crippen LogP contribution in [0.4, 0.5) is 4.79 Å². The number of aliphatic hydroxyl groups is 1. The number of carboxylic acid groups (broad SMARTS) is 1. The molecule has 8 heteroatoms. The number of fused-ring (bicyclic) bond motifs is 3. The number of carbonyl (C=O) groups is 3. The highest BCUT2D eigenvalue weighted by molar-refractivity contribution is 5.79. The van der Waals surface area contributed by atoms with Crippen LogP contribution in [0.25, 0.3) is 11.1 Å². The summed E-state index contributed by atoms with van der Waals surface area (Å²) in [5, 5.41) is 23.1. The molecule has 0 spiro atoms. The van der Waals surface area contributed by atoms with Crippen LogP contribution in [0.1, 0.15) is 36.8 Å². The summed E-state index contributed by atoms with van der Waals surface area (Å²) < 4.78 is 5.45. The molecule has 2 atom stereocenters. The van der Waals surface area contributed by atoms with Crippen LogP contribution in [-0.2, 0) is 14.3 Å². The average Bonchev–Trinajstić information content (AvgIpc) is 3.04. The molecule has 0 bridgehead atoms. The van der Waals surface area contributed by atoms with Gasteiger partial charge in [-0.1, -0.05) is 48.5 Å². The molecule has 0 heterocycles. The van der Waals surface area contributed by atoms with Crippen LogP contribution >= 0.6 is 0 Å². The fourth-order valence-corrected chi connectivity index (χ4v) is 3.75. The molecule has 2 aromatic rings. The van der Waals surface area contributed by atoms with E-state index in [2.05, 4.69) is 22.8 Å². The van der Waals surface area contributed by atoms with Gasteiger partial charge in [0.05, 0.1) is 12.5 Å². The Bertz CT molecular complexity index is 915. The molecule has 3 rings (SSSR count). The summed E-state index contributed by atoms with van der Waals surface area (Å²) in [4.78, 5) is 34.7. The molecular formula is C23H26N2O6. The number of hydrogen-bond acceptors (Lipinski definition) is 5. The van der Waals surface area contributed by atoms with Crippen LogP contribution < -0.4 is 10.6 Å². The van der Waals surface area contributed by atoms with Gasteiger partial charge in [-0.3, -0.25) is 9.59 Å². The zero-order chi connectivity index (χ0) is 22.4. The number of carboxylic acids is 1. The lowest BCUT2D eigenvalue weighted by Crippen LogP contribution is -2.40. The minimum atomic E-state index is -1.16. The van der Waals surface area contributed by atoms with E-state index >= 15 is 0 Å². The number of rotatable bonds is 9. The quantitative estimate of drug-likeness (QED) is 0.487. The molecule has 1 aliphatic carbocycles. The van der Waals surface area contributed by atoms with Gasteiger partial charge in [0.25, 0.3) is 0 Å². The maximum Gasteiger partial charge on any atom is 0.407 e. The van der Waals surface area contributed by atoms with Gasteiger partial charge in [-0.2, -0.15) is 0 Å². The van der Waals surface area contributed by atoms with Gasteiger partial charge < -0.3 is 25.6 Å². The number of nitrogens with one attached hydrogen (secondary N) is 2. The molecule has 2 amide bonds. The van der Waals surface area contributed by atoms with E-state index in [0.29, 0.717) is 0 Å². The highest BCUT2D eigenvalue weighted by Crippen LogP contribution is 2.44. The monoisotopic (exact) mass is 426 g/mol. The lowest BCUT2D eigenvalue weighted by molar-refractivity contribution is -0.139. The highest BCUT2D eigenvalue weighted by Gasteiger charge is 2.29. The van der Waals surface area contributed by atoms with Crippen molar-refractivity contribution in [1.29, 1.82) is 0 Å². The van der Waals surface area contributed by atoms with Gasteiger partial charge in [-0.05, 0) is 29.2 Å². The summed E-state index contributed by atoms with van der Waals surface area (Å²) in [6.07, 6.45) is -2.25. The van der Waals surface area contributed by atoms with E-state index in [4.69, 9.17) is 9.84 Å². The molecule has 0 saturated carbocycles. The standard InChI is InChI=1S/C23H26N2O6/c1-14(10-21(27)24-12-15(26)11-22(28)29)25-23(30)31-13-20-18-8-4-2-6-16(18)17-7-3-5-9-19(17)20/h2-9,14-15,20,26H,10-13H2,1H3,(H,24,27)(H,25,30)(H,28,29)/t14-,15?/m1/s1. The minimum Gasteiger partial charge on any atom is -0.481 e. The van der Waals surface area contributed by atoms with E-state index in [-0.39, 0.29) is 25.5 Å². The van der Waals surface area contributed by atoms with E-state index in [9.17, 15) is 19.5 Å². The van der Waals surface area contributed by atoms with Crippen molar-refractivity contribution < 1.29 is 29.3 Å². The van der Waals surface area contributed by atoms with Crippen LogP contribution in [0.15, 0.2) is 48.5 Å². The first-order chi connectivity index (χ1) is 14.8. The van der Waals surface area contributed by atoms with Crippen LogP contribution in [0, 0.1) is 0 Å². The van der Waals surface area contributed by atoms with Gasteiger partial charge in [0.2, 0.25) is 5.91 Å². The summed E-state index contributed by atoms with van der Waals surface area (Å²) in [6.45, 7) is 1.68. The fraction of sp³-hybridized carbons (Fsp3) is 0.348. The Morgan fingerprint density at radius 1 is 1.00 bits per heavy atom. The summed E-state index contributed by atoms with van der Waals surface area (Å²) >= 11 is 0. The predicted molar refractivity (Wildman–Crippen MR) is 114 cm³/mol. The Labute approximate surface area is 180 Å². The summed E-state index contributed by atoms with van der Waals surface area (Å²) in [7, 11) is 0. The number of benzene rings is 2. The number of alkyl carbamates (subject to hydrolysis) is 1. The van der Waals surface area contributed by atoms with Gasteiger partial charge in [0.1, 0.15) is 6.61 Å². The number of amides is 2. The van der Waals surface area contributed by atoms with Crippen molar-refractivity contribution in [3.05, 3.63) is 59.7 Å². The molecule has 164 valence electrons. The molecule has 0 saturated heterocycles. The summed E-state index contributed by atoms with van der Waals surface area (Å²) in [5.74, 6) is -1.60. The topological polar surface area (TPSA) is 125 Å². The van der Waals surface area contributed by atoms with E-state index in [0.717, 1.165) is 22.3 Å². The maximum atomic E-state index is 12.2. The molecule has 1 aliphatic rings. The Kier molecular flexibility index (Phi) is 7.25. The van der Waals surface area contributed by atoms with E-state index < -0.39 is 36.5 Å². The number of aliphatic hydroxyl groups excluding tert-OH is 1. The summed E-state index contributed by atoms with van der Waals surface area (Å²) in [6, 6.07) is 15.6. The molecular weight excluding hydrogens is 400 g/mol. The molecule has 8 nitrogen and oxygen atoms in total. The predicted octanol–water partition coefficient (Wildman–Crippen LogP) is 2.26. The number of ether oxygens (including phenoxy) is 1. The van der Waals surface area contributed by atoms with Crippen molar-refractivity contribution in [3.63, 3.8) is 0 Å². The lowest BCUT2D eigenvalue weighted by Gasteiger charge is -2.17. The average molecular weight is 426 g/mol. The SMILES string of the molecule is C[C@H](CC(=O)NCC(O)CC(=O)O)NC(=O)OCC1c2ccccc2-c2ccccc21. The Balaban J connectivity index is 1.47. The summed E-state index contributed by atoms with van der Waals surface area (Å²) in [5.41, 5.74) is 4.51. The third-order valence-corrected chi connectivity index (χ3v) is 5.14. The van der Waals surface area contributed by atoms with Crippen molar-refractivity contribution in [2.24, 2.45) is 0 Å². The van der Waals surface area contributed by atoms with Crippen molar-refractivity contribution in [2.45, 2.75) is 37.8 Å². The van der Waals surface area contributed by atoms with Crippen LogP contribution in [0.5, 0.6) is 0 Å². The Morgan fingerprint density at radius 2 is 1.58 bits per heavy atom. The molecule has 4 N–H and O–H groups in total. The molecule has 0 fully saturated rings. The maximum absolute atomic E-state index is 12.2. The largest absolute Gasteiger partial charge is 0.481 e. The molecule has 2 aromatic carbocycles. The second-order valence-corrected chi connectivity index (χ2v) is 7.63. The van der Waals surface area contributed by atoms with Crippen molar-refractivity contribution in [1.82, 2.24) is 10.6 Å². The molecule has 31 heavy (non-hydrogen) atoms. The first-order valence-electron chi connectivity index (χ1n) is 10.1. The van der Waals surface area contributed by atoms with Crippen LogP contribution in [0.3, 0.4) is 0 Å². The van der Waals surface area contributed by atoms with E-state index in [1.165, 1.54) is 0 Å². The molecule has 0 aromatic heterocycles. The molecule has 0 aliphatic heterocycles. The first kappa shape index (κ1) is 22.3. The van der Waals surface area contributed by atoms with Gasteiger partial charge in [0.15, 0.2) is 0 Å². The van der Waals surface area contributed by atoms with Gasteiger partial charge >= 0.3 is 12.1 Å². The number of hydrogen-bond donors (Lipinski definition) is 4.